The van der Waals surface area contributed by atoms with E-state index in [0.29, 0.717) is 0 Å². The predicted molar refractivity (Wildman–Crippen MR) is 63.9 cm³/mol. The molecular formula is C12H19P. The number of rotatable bonds is 1. The van der Waals surface area contributed by atoms with Crippen molar-refractivity contribution < 1.29 is 0 Å². The first kappa shape index (κ1) is 10.7. The lowest BCUT2D eigenvalue weighted by Gasteiger charge is -2.22. The summed E-state index contributed by atoms with van der Waals surface area (Å²) in [6.45, 7) is 9.02. The molecule has 0 amide bonds. The molecule has 0 spiro atoms. The highest BCUT2D eigenvalue weighted by atomic mass is 31.0. The fourth-order valence-electron chi connectivity index (χ4n) is 1.64. The molecule has 0 saturated heterocycles. The van der Waals surface area contributed by atoms with Crippen LogP contribution in [0, 0.1) is 0 Å². The lowest BCUT2D eigenvalue weighted by molar-refractivity contribution is 0.583. The Morgan fingerprint density at radius 2 is 1.85 bits per heavy atom. The first-order chi connectivity index (χ1) is 5.95. The maximum absolute atomic E-state index is 2.76. The summed E-state index contributed by atoms with van der Waals surface area (Å²) in [7, 11) is 2.76. The lowest BCUT2D eigenvalue weighted by atomic mass is 9.83. The van der Waals surface area contributed by atoms with Gasteiger partial charge in [0.15, 0.2) is 0 Å². The van der Waals surface area contributed by atoms with E-state index in [0.717, 1.165) is 6.42 Å². The van der Waals surface area contributed by atoms with E-state index < -0.39 is 0 Å². The summed E-state index contributed by atoms with van der Waals surface area (Å²) in [5.74, 6) is 0. The second-order valence-electron chi connectivity index (χ2n) is 4.52. The van der Waals surface area contributed by atoms with Crippen LogP contribution in [0.25, 0.3) is 0 Å². The van der Waals surface area contributed by atoms with Crippen LogP contribution in [0.15, 0.2) is 18.2 Å². The molecule has 0 heterocycles. The smallest absolute Gasteiger partial charge is 0.0129 e. The van der Waals surface area contributed by atoms with Crippen LogP contribution in [-0.4, -0.2) is 0 Å². The van der Waals surface area contributed by atoms with Gasteiger partial charge in [-0.3, -0.25) is 0 Å². The average molecular weight is 194 g/mol. The monoisotopic (exact) mass is 194 g/mol. The maximum Gasteiger partial charge on any atom is -0.0129 e. The van der Waals surface area contributed by atoms with E-state index in [9.17, 15) is 0 Å². The lowest BCUT2D eigenvalue weighted by Crippen LogP contribution is -2.15. The third-order valence-corrected chi connectivity index (χ3v) is 2.68. The molecule has 1 aromatic rings. The van der Waals surface area contributed by atoms with Gasteiger partial charge in [-0.25, -0.2) is 0 Å². The molecule has 1 unspecified atom stereocenters. The second-order valence-corrected chi connectivity index (χ2v) is 5.19. The maximum atomic E-state index is 2.76. The van der Waals surface area contributed by atoms with E-state index in [1.807, 2.05) is 0 Å². The molecule has 0 bridgehead atoms. The van der Waals surface area contributed by atoms with Crippen molar-refractivity contribution in [2.75, 3.05) is 0 Å². The zero-order valence-corrected chi connectivity index (χ0v) is 10.2. The Morgan fingerprint density at radius 1 is 1.23 bits per heavy atom. The molecule has 0 fully saturated rings. The van der Waals surface area contributed by atoms with Crippen LogP contribution < -0.4 is 5.30 Å². The normalized spacial score (nSPS) is 11.8. The first-order valence-electron chi connectivity index (χ1n) is 4.84. The summed E-state index contributed by atoms with van der Waals surface area (Å²) in [6, 6.07) is 6.69. The fourth-order valence-corrected chi connectivity index (χ4v) is 1.94. The summed E-state index contributed by atoms with van der Waals surface area (Å²) >= 11 is 0. The van der Waals surface area contributed by atoms with E-state index >= 15 is 0 Å². The van der Waals surface area contributed by atoms with Gasteiger partial charge in [0.25, 0.3) is 0 Å². The van der Waals surface area contributed by atoms with E-state index in [2.05, 4.69) is 55.1 Å². The molecule has 1 heteroatoms. The van der Waals surface area contributed by atoms with Crippen LogP contribution in [0.3, 0.4) is 0 Å². The largest absolute Gasteiger partial charge is 0.106 e. The third kappa shape index (κ3) is 2.54. The number of aryl methyl sites for hydroxylation is 1. The highest BCUT2D eigenvalue weighted by Crippen LogP contribution is 2.25. The van der Waals surface area contributed by atoms with Crippen LogP contribution in [0.2, 0.25) is 0 Å². The molecule has 0 saturated carbocycles. The van der Waals surface area contributed by atoms with E-state index in [1.54, 1.807) is 0 Å². The van der Waals surface area contributed by atoms with Crippen molar-refractivity contribution in [3.05, 3.63) is 29.3 Å². The van der Waals surface area contributed by atoms with E-state index in [-0.39, 0.29) is 5.41 Å². The van der Waals surface area contributed by atoms with Gasteiger partial charge in [-0.15, -0.1) is 9.24 Å². The highest BCUT2D eigenvalue weighted by Gasteiger charge is 2.16. The van der Waals surface area contributed by atoms with Crippen LogP contribution in [0.5, 0.6) is 0 Å². The molecule has 13 heavy (non-hydrogen) atoms. The number of hydrogen-bond donors (Lipinski definition) is 0. The number of benzene rings is 1. The average Bonchev–Trinajstić information content (AvgIpc) is 2.01. The number of hydrogen-bond acceptors (Lipinski definition) is 0. The van der Waals surface area contributed by atoms with Crippen molar-refractivity contribution in [2.45, 2.75) is 39.5 Å². The van der Waals surface area contributed by atoms with Gasteiger partial charge < -0.3 is 0 Å². The van der Waals surface area contributed by atoms with Crippen LogP contribution >= 0.6 is 9.24 Å². The molecule has 0 N–H and O–H groups in total. The minimum atomic E-state index is 0.268. The molecule has 0 aromatic heterocycles. The van der Waals surface area contributed by atoms with Gasteiger partial charge in [0.05, 0.1) is 0 Å². The molecule has 1 rings (SSSR count). The highest BCUT2D eigenvalue weighted by molar-refractivity contribution is 7.27. The zero-order valence-electron chi connectivity index (χ0n) is 9.02. The van der Waals surface area contributed by atoms with E-state index in [4.69, 9.17) is 0 Å². The van der Waals surface area contributed by atoms with Gasteiger partial charge in [0.2, 0.25) is 0 Å². The van der Waals surface area contributed by atoms with Crippen molar-refractivity contribution in [3.63, 3.8) is 0 Å². The summed E-state index contributed by atoms with van der Waals surface area (Å²) < 4.78 is 0. The summed E-state index contributed by atoms with van der Waals surface area (Å²) in [5.41, 5.74) is 3.21. The molecule has 0 radical (unpaired) electrons. The quantitative estimate of drug-likeness (QED) is 0.603. The van der Waals surface area contributed by atoms with Crippen molar-refractivity contribution in [2.24, 2.45) is 0 Å². The molecule has 0 aliphatic rings. The molecule has 1 aromatic carbocycles. The van der Waals surface area contributed by atoms with Crippen molar-refractivity contribution in [1.29, 1.82) is 0 Å². The van der Waals surface area contributed by atoms with Gasteiger partial charge in [-0.2, -0.15) is 0 Å². The minimum absolute atomic E-state index is 0.268. The first-order valence-corrected chi connectivity index (χ1v) is 5.41. The Labute approximate surface area is 84.0 Å². The Bertz CT molecular complexity index is 294. The summed E-state index contributed by atoms with van der Waals surface area (Å²) in [5, 5.41) is 1.28. The SMILES string of the molecule is CCc1cc(P)ccc1C(C)(C)C. The van der Waals surface area contributed by atoms with Crippen molar-refractivity contribution >= 4 is 14.5 Å². The van der Waals surface area contributed by atoms with Crippen molar-refractivity contribution in [3.8, 4) is 0 Å². The third-order valence-electron chi connectivity index (χ3n) is 2.32. The minimum Gasteiger partial charge on any atom is -0.106 e. The Morgan fingerprint density at radius 3 is 2.31 bits per heavy atom. The summed E-state index contributed by atoms with van der Waals surface area (Å²) in [6.07, 6.45) is 1.12. The van der Waals surface area contributed by atoms with Gasteiger partial charge in [0, 0.05) is 0 Å². The van der Waals surface area contributed by atoms with Gasteiger partial charge in [-0.05, 0) is 28.3 Å². The Balaban J connectivity index is 3.22. The second kappa shape index (κ2) is 3.80. The van der Waals surface area contributed by atoms with Gasteiger partial charge in [-0.1, -0.05) is 45.9 Å². The van der Waals surface area contributed by atoms with Crippen molar-refractivity contribution in [1.82, 2.24) is 0 Å². The Hall–Kier alpha value is -0.350. The van der Waals surface area contributed by atoms with Gasteiger partial charge >= 0.3 is 0 Å². The molecule has 1 atom stereocenters. The predicted octanol–water partition coefficient (Wildman–Crippen LogP) is 3.05. The standard InChI is InChI=1S/C12H19P/c1-5-9-8-10(13)6-7-11(9)12(2,3)4/h6-8H,5,13H2,1-4H3. The molecule has 0 nitrogen and oxygen atoms in total. The fraction of sp³-hybridized carbons (Fsp3) is 0.500. The van der Waals surface area contributed by atoms with Crippen LogP contribution in [0.4, 0.5) is 0 Å². The topological polar surface area (TPSA) is 0 Å². The van der Waals surface area contributed by atoms with E-state index in [1.165, 1.54) is 16.4 Å². The Kier molecular flexibility index (Phi) is 3.14. The zero-order chi connectivity index (χ0) is 10.1. The molecular weight excluding hydrogens is 175 g/mol. The molecule has 0 aliphatic carbocycles. The van der Waals surface area contributed by atoms with Crippen LogP contribution in [0.1, 0.15) is 38.8 Å². The molecule has 0 aliphatic heterocycles. The summed E-state index contributed by atoms with van der Waals surface area (Å²) in [4.78, 5) is 0. The van der Waals surface area contributed by atoms with Crippen LogP contribution in [-0.2, 0) is 11.8 Å². The van der Waals surface area contributed by atoms with Gasteiger partial charge in [0.1, 0.15) is 0 Å². The molecule has 72 valence electrons.